The maximum atomic E-state index is 5.28. The van der Waals surface area contributed by atoms with Gasteiger partial charge in [0, 0.05) is 22.7 Å². The number of fused-ring (bicyclic) bond motifs is 6. The first-order valence-corrected chi connectivity index (χ1v) is 17.2. The zero-order chi connectivity index (χ0) is 33.1. The van der Waals surface area contributed by atoms with Crippen LogP contribution in [0.4, 0.5) is 11.6 Å². The number of aromatic nitrogens is 3. The smallest absolute Gasteiger partial charge is 0.234 e. The van der Waals surface area contributed by atoms with Crippen LogP contribution in [0.2, 0.25) is 0 Å². The van der Waals surface area contributed by atoms with Crippen molar-refractivity contribution in [2.45, 2.75) is 17.4 Å². The Balaban J connectivity index is 1.26. The van der Waals surface area contributed by atoms with E-state index in [1.165, 1.54) is 39.0 Å². The highest BCUT2D eigenvalue weighted by Crippen LogP contribution is 2.62. The molecule has 50 heavy (non-hydrogen) atoms. The molecular weight excluding hydrogens is 609 g/mol. The summed E-state index contributed by atoms with van der Waals surface area (Å²) in [6, 6.07) is 60.2. The minimum absolute atomic E-state index is 0.0718. The van der Waals surface area contributed by atoms with E-state index >= 15 is 0 Å². The lowest BCUT2D eigenvalue weighted by Gasteiger charge is -2.37. The molecule has 1 aliphatic heterocycles. The highest BCUT2D eigenvalue weighted by atomic mass is 15.3. The van der Waals surface area contributed by atoms with Crippen molar-refractivity contribution in [3.05, 3.63) is 215 Å². The Bertz CT molecular complexity index is 2340. The molecule has 0 radical (unpaired) electrons. The molecule has 2 unspecified atom stereocenters. The Morgan fingerprint density at radius 2 is 1.02 bits per heavy atom. The Morgan fingerprint density at radius 1 is 0.500 bits per heavy atom. The maximum Gasteiger partial charge on any atom is 0.234 e. The fraction of sp³-hybridized carbons (Fsp3) is 0.0652. The molecule has 2 atom stereocenters. The van der Waals surface area contributed by atoms with Crippen LogP contribution in [0.1, 0.15) is 33.7 Å². The second-order valence-corrected chi connectivity index (χ2v) is 13.1. The van der Waals surface area contributed by atoms with Gasteiger partial charge in [-0.2, -0.15) is 9.97 Å². The van der Waals surface area contributed by atoms with Crippen molar-refractivity contribution in [2.24, 2.45) is 0 Å². The van der Waals surface area contributed by atoms with Gasteiger partial charge in [0.1, 0.15) is 0 Å². The van der Waals surface area contributed by atoms with Gasteiger partial charge in [0.15, 0.2) is 11.6 Å². The lowest BCUT2D eigenvalue weighted by Crippen LogP contribution is -2.35. The van der Waals surface area contributed by atoms with E-state index in [1.807, 2.05) is 36.4 Å². The van der Waals surface area contributed by atoms with Gasteiger partial charge in [-0.1, -0.05) is 176 Å². The van der Waals surface area contributed by atoms with Crippen molar-refractivity contribution >= 4 is 17.2 Å². The van der Waals surface area contributed by atoms with Crippen molar-refractivity contribution in [2.75, 3.05) is 4.90 Å². The molecule has 236 valence electrons. The van der Waals surface area contributed by atoms with Crippen LogP contribution in [-0.2, 0) is 5.41 Å². The van der Waals surface area contributed by atoms with Crippen LogP contribution in [0.3, 0.4) is 0 Å². The molecule has 4 nitrogen and oxygen atoms in total. The summed E-state index contributed by atoms with van der Waals surface area (Å²) >= 11 is 0. The molecule has 1 aromatic heterocycles. The van der Waals surface area contributed by atoms with Crippen molar-refractivity contribution in [1.82, 2.24) is 15.0 Å². The number of allylic oxidation sites excluding steroid dienone is 2. The maximum absolute atomic E-state index is 5.28. The van der Waals surface area contributed by atoms with Crippen LogP contribution >= 0.6 is 0 Å². The highest BCUT2D eigenvalue weighted by molar-refractivity contribution is 5.95. The first-order chi connectivity index (χ1) is 24.8. The molecule has 0 saturated carbocycles. The van der Waals surface area contributed by atoms with Crippen LogP contribution < -0.4 is 4.90 Å². The third kappa shape index (κ3) is 4.15. The molecule has 6 aromatic carbocycles. The van der Waals surface area contributed by atoms with E-state index in [-0.39, 0.29) is 12.0 Å². The monoisotopic (exact) mass is 640 g/mol. The van der Waals surface area contributed by atoms with Gasteiger partial charge in [-0.25, -0.2) is 4.98 Å². The molecule has 10 rings (SSSR count). The summed E-state index contributed by atoms with van der Waals surface area (Å²) in [5.41, 5.74) is 11.5. The summed E-state index contributed by atoms with van der Waals surface area (Å²) in [4.78, 5) is 18.0. The van der Waals surface area contributed by atoms with Gasteiger partial charge in [-0.05, 0) is 45.0 Å². The topological polar surface area (TPSA) is 41.9 Å². The summed E-state index contributed by atoms with van der Waals surface area (Å²) < 4.78 is 0. The molecule has 0 bridgehead atoms. The van der Waals surface area contributed by atoms with Crippen LogP contribution in [0, 0.1) is 0 Å². The highest BCUT2D eigenvalue weighted by Gasteiger charge is 2.54. The summed E-state index contributed by atoms with van der Waals surface area (Å²) in [6.07, 6.45) is 4.83. The van der Waals surface area contributed by atoms with Crippen LogP contribution in [0.15, 0.2) is 188 Å². The van der Waals surface area contributed by atoms with Crippen LogP contribution in [0.5, 0.6) is 0 Å². The second-order valence-electron chi connectivity index (χ2n) is 13.1. The molecule has 0 amide bonds. The molecule has 0 spiro atoms. The zero-order valence-electron chi connectivity index (χ0n) is 27.3. The first kappa shape index (κ1) is 28.6. The second kappa shape index (κ2) is 11.4. The Kier molecular flexibility index (Phi) is 6.50. The van der Waals surface area contributed by atoms with E-state index in [2.05, 4.69) is 151 Å². The normalized spacial score (nSPS) is 18.0. The predicted octanol–water partition coefficient (Wildman–Crippen LogP) is 10.2. The van der Waals surface area contributed by atoms with Crippen LogP contribution in [0.25, 0.3) is 28.3 Å². The molecule has 2 heterocycles. The SMILES string of the molecule is C1=CC2c3ccccc3N(c3nc(-c4ccccc4)nc(-c4ccccc4)n3)C2C2=C1C(c1ccccc1)(c1ccccc1)c1ccccc12. The summed E-state index contributed by atoms with van der Waals surface area (Å²) in [7, 11) is 0. The number of benzene rings is 6. The molecule has 7 aromatic rings. The van der Waals surface area contributed by atoms with Gasteiger partial charge in [0.25, 0.3) is 0 Å². The Hall–Kier alpha value is -6.39. The van der Waals surface area contributed by atoms with Gasteiger partial charge >= 0.3 is 0 Å². The standard InChI is InChI=1S/C46H32N4/c1-5-17-31(18-6-1)43-47-44(32-19-7-2-8-20-32)49-45(48-43)50-40-28-16-14-25-35(40)36-29-30-39-41(42(36)50)37-26-13-15-27-38(37)46(39,33-21-9-3-10-22-33)34-23-11-4-12-24-34/h1-30,36,42H. The van der Waals surface area contributed by atoms with Gasteiger partial charge in [0.05, 0.1) is 11.5 Å². The third-order valence-electron chi connectivity index (χ3n) is 10.6. The van der Waals surface area contributed by atoms with Gasteiger partial charge < -0.3 is 4.90 Å². The van der Waals surface area contributed by atoms with Crippen LogP contribution in [-0.4, -0.2) is 21.0 Å². The van der Waals surface area contributed by atoms with E-state index in [1.54, 1.807) is 0 Å². The first-order valence-electron chi connectivity index (χ1n) is 17.2. The molecule has 0 N–H and O–H groups in total. The van der Waals surface area contributed by atoms with Gasteiger partial charge in [-0.3, -0.25) is 0 Å². The number of hydrogen-bond acceptors (Lipinski definition) is 4. The van der Waals surface area contributed by atoms with Crippen molar-refractivity contribution < 1.29 is 0 Å². The minimum atomic E-state index is -0.486. The van der Waals surface area contributed by atoms with Gasteiger partial charge in [0.2, 0.25) is 5.95 Å². The number of hydrogen-bond donors (Lipinski definition) is 0. The quantitative estimate of drug-likeness (QED) is 0.188. The number of anilines is 2. The van der Waals surface area contributed by atoms with E-state index in [9.17, 15) is 0 Å². The zero-order valence-corrected chi connectivity index (χ0v) is 27.3. The van der Waals surface area contributed by atoms with E-state index in [4.69, 9.17) is 15.0 Å². The molecule has 0 fully saturated rings. The van der Waals surface area contributed by atoms with E-state index < -0.39 is 5.41 Å². The molecule has 4 heteroatoms. The number of rotatable bonds is 5. The molecule has 0 saturated heterocycles. The molecular formula is C46H32N4. The lowest BCUT2D eigenvalue weighted by molar-refractivity contribution is 0.716. The van der Waals surface area contributed by atoms with E-state index in [0.29, 0.717) is 17.6 Å². The summed E-state index contributed by atoms with van der Waals surface area (Å²) in [6.45, 7) is 0. The van der Waals surface area contributed by atoms with Crippen molar-refractivity contribution in [3.63, 3.8) is 0 Å². The van der Waals surface area contributed by atoms with Gasteiger partial charge in [-0.15, -0.1) is 0 Å². The van der Waals surface area contributed by atoms with Crippen molar-refractivity contribution in [1.29, 1.82) is 0 Å². The Labute approximate surface area is 291 Å². The molecule has 2 aliphatic carbocycles. The van der Waals surface area contributed by atoms with E-state index in [0.717, 1.165) is 16.8 Å². The lowest BCUT2D eigenvalue weighted by atomic mass is 9.66. The minimum Gasteiger partial charge on any atom is -0.302 e. The molecule has 3 aliphatic rings. The largest absolute Gasteiger partial charge is 0.302 e. The average molecular weight is 641 g/mol. The number of nitrogens with zero attached hydrogens (tertiary/aromatic N) is 4. The van der Waals surface area contributed by atoms with Crippen molar-refractivity contribution in [3.8, 4) is 22.8 Å². The fourth-order valence-electron chi connectivity index (χ4n) is 8.56. The summed E-state index contributed by atoms with van der Waals surface area (Å²) in [5.74, 6) is 2.07. The average Bonchev–Trinajstić information content (AvgIpc) is 3.70. The third-order valence-corrected chi connectivity index (χ3v) is 10.6. The number of para-hydroxylation sites is 1. The summed E-state index contributed by atoms with van der Waals surface area (Å²) in [5, 5.41) is 0. The Morgan fingerprint density at radius 3 is 1.64 bits per heavy atom. The fourth-order valence-corrected chi connectivity index (χ4v) is 8.56. The predicted molar refractivity (Wildman–Crippen MR) is 201 cm³/mol.